The van der Waals surface area contributed by atoms with Crippen LogP contribution >= 0.6 is 12.6 Å². The summed E-state index contributed by atoms with van der Waals surface area (Å²) in [5.74, 6) is 0. The van der Waals surface area contributed by atoms with Crippen LogP contribution in [0.4, 0.5) is 0 Å². The lowest BCUT2D eigenvalue weighted by Crippen LogP contribution is -1.81. The minimum absolute atomic E-state index is 0.579. The highest BCUT2D eigenvalue weighted by Crippen LogP contribution is 1.94. The summed E-state index contributed by atoms with van der Waals surface area (Å²) in [6.45, 7) is 8.21. The molecular formula is C6H16S. The number of hydrogen-bond donors (Lipinski definition) is 1. The summed E-state index contributed by atoms with van der Waals surface area (Å²) in [4.78, 5) is 0. The van der Waals surface area contributed by atoms with Gasteiger partial charge in [0.1, 0.15) is 0 Å². The zero-order valence-corrected chi connectivity index (χ0v) is 6.63. The molecule has 0 bridgehead atoms. The van der Waals surface area contributed by atoms with Crippen LogP contribution in [0.1, 0.15) is 34.1 Å². The molecule has 0 aromatic rings. The van der Waals surface area contributed by atoms with Gasteiger partial charge in [-0.2, -0.15) is 12.6 Å². The van der Waals surface area contributed by atoms with E-state index in [0.29, 0.717) is 5.25 Å². The molecule has 0 rings (SSSR count). The summed E-state index contributed by atoms with van der Waals surface area (Å²) in [5, 5.41) is 0.579. The Balaban J connectivity index is 0. The predicted octanol–water partition coefficient (Wildman–Crippen LogP) is 2.74. The molecule has 0 heterocycles. The van der Waals surface area contributed by atoms with Gasteiger partial charge < -0.3 is 0 Å². The van der Waals surface area contributed by atoms with Gasteiger partial charge >= 0.3 is 0 Å². The van der Waals surface area contributed by atoms with Gasteiger partial charge in [0.2, 0.25) is 0 Å². The van der Waals surface area contributed by atoms with E-state index in [2.05, 4.69) is 26.5 Å². The molecule has 7 heavy (non-hydrogen) atoms. The second-order valence-electron chi connectivity index (χ2n) is 1.26. The van der Waals surface area contributed by atoms with Crippen LogP contribution in [0.3, 0.4) is 0 Å². The molecule has 0 fully saturated rings. The Labute approximate surface area is 52.7 Å². The molecule has 0 aromatic heterocycles. The molecule has 0 amide bonds. The van der Waals surface area contributed by atoms with Crippen LogP contribution < -0.4 is 0 Å². The molecule has 0 nitrogen and oxygen atoms in total. The lowest BCUT2D eigenvalue weighted by atomic mass is 10.4. The predicted molar refractivity (Wildman–Crippen MR) is 40.1 cm³/mol. The van der Waals surface area contributed by atoms with Crippen molar-refractivity contribution in [2.75, 3.05) is 0 Å². The molecule has 0 aromatic carbocycles. The molecular weight excluding hydrogens is 104 g/mol. The van der Waals surface area contributed by atoms with Crippen molar-refractivity contribution < 1.29 is 0 Å². The average molecular weight is 120 g/mol. The monoisotopic (exact) mass is 120 g/mol. The third-order valence-electron chi connectivity index (χ3n) is 0.591. The third kappa shape index (κ3) is 21.8. The van der Waals surface area contributed by atoms with Gasteiger partial charge in [0.05, 0.1) is 0 Å². The van der Waals surface area contributed by atoms with E-state index in [0.717, 1.165) is 0 Å². The van der Waals surface area contributed by atoms with Gasteiger partial charge in [0, 0.05) is 0 Å². The fraction of sp³-hybridized carbons (Fsp3) is 1.00. The largest absolute Gasteiger partial charge is 0.176 e. The molecule has 1 unspecified atom stereocenters. The van der Waals surface area contributed by atoms with Crippen LogP contribution in [0.15, 0.2) is 0 Å². The minimum atomic E-state index is 0.579. The first-order valence-electron chi connectivity index (χ1n) is 2.95. The highest BCUT2D eigenvalue weighted by atomic mass is 32.1. The van der Waals surface area contributed by atoms with Crippen LogP contribution in [-0.2, 0) is 0 Å². The maximum Gasteiger partial charge on any atom is -0.00142 e. The molecule has 0 aliphatic carbocycles. The van der Waals surface area contributed by atoms with Crippen molar-refractivity contribution >= 4 is 12.6 Å². The maximum atomic E-state index is 4.10. The second-order valence-corrected chi connectivity index (χ2v) is 2.14. The first-order chi connectivity index (χ1) is 3.27. The van der Waals surface area contributed by atoms with Gasteiger partial charge in [-0.15, -0.1) is 0 Å². The maximum absolute atomic E-state index is 4.10. The molecule has 46 valence electrons. The Hall–Kier alpha value is 0.350. The molecule has 0 N–H and O–H groups in total. The van der Waals surface area contributed by atoms with E-state index in [1.807, 2.05) is 13.8 Å². The Morgan fingerprint density at radius 2 is 1.57 bits per heavy atom. The van der Waals surface area contributed by atoms with Crippen molar-refractivity contribution in [2.45, 2.75) is 39.4 Å². The lowest BCUT2D eigenvalue weighted by Gasteiger charge is -1.89. The average Bonchev–Trinajstić information content (AvgIpc) is 1.73. The normalized spacial score (nSPS) is 11.6. The fourth-order valence-electron chi connectivity index (χ4n) is 0. The Morgan fingerprint density at radius 1 is 1.43 bits per heavy atom. The van der Waals surface area contributed by atoms with E-state index < -0.39 is 0 Å². The summed E-state index contributed by atoms with van der Waals surface area (Å²) in [6, 6.07) is 0. The quantitative estimate of drug-likeness (QED) is 0.505. The lowest BCUT2D eigenvalue weighted by molar-refractivity contribution is 0.913. The van der Waals surface area contributed by atoms with E-state index in [4.69, 9.17) is 0 Å². The van der Waals surface area contributed by atoms with Crippen LogP contribution in [0.2, 0.25) is 0 Å². The summed E-state index contributed by atoms with van der Waals surface area (Å²) in [6.07, 6.45) is 1.17. The van der Waals surface area contributed by atoms with Gasteiger partial charge in [-0.25, -0.2) is 0 Å². The Bertz CT molecular complexity index is 18.1. The highest BCUT2D eigenvalue weighted by Gasteiger charge is 1.81. The summed E-state index contributed by atoms with van der Waals surface area (Å²) in [5.41, 5.74) is 0. The molecule has 0 aliphatic heterocycles. The van der Waals surface area contributed by atoms with E-state index in [9.17, 15) is 0 Å². The molecule has 0 saturated heterocycles. The zero-order valence-electron chi connectivity index (χ0n) is 5.73. The van der Waals surface area contributed by atoms with Crippen LogP contribution in [0.5, 0.6) is 0 Å². The SMILES string of the molecule is CC.CCC(C)S. The van der Waals surface area contributed by atoms with Crippen molar-refractivity contribution in [3.63, 3.8) is 0 Å². The van der Waals surface area contributed by atoms with Gasteiger partial charge in [0.15, 0.2) is 0 Å². The van der Waals surface area contributed by atoms with E-state index in [1.165, 1.54) is 6.42 Å². The molecule has 0 radical (unpaired) electrons. The summed E-state index contributed by atoms with van der Waals surface area (Å²) < 4.78 is 0. The standard InChI is InChI=1S/C4H10S.C2H6/c1-3-4(2)5;1-2/h4-5H,3H2,1-2H3;1-2H3. The number of thiol groups is 1. The van der Waals surface area contributed by atoms with Crippen LogP contribution in [0.25, 0.3) is 0 Å². The molecule has 1 heteroatoms. The smallest absolute Gasteiger partial charge is 0.00142 e. The van der Waals surface area contributed by atoms with Crippen molar-refractivity contribution in [1.82, 2.24) is 0 Å². The Morgan fingerprint density at radius 3 is 1.57 bits per heavy atom. The topological polar surface area (TPSA) is 0 Å². The Kier molecular flexibility index (Phi) is 14.2. The van der Waals surface area contributed by atoms with Crippen molar-refractivity contribution in [3.05, 3.63) is 0 Å². The number of hydrogen-bond acceptors (Lipinski definition) is 1. The zero-order chi connectivity index (χ0) is 6.28. The summed E-state index contributed by atoms with van der Waals surface area (Å²) in [7, 11) is 0. The third-order valence-corrected chi connectivity index (χ3v) is 0.956. The van der Waals surface area contributed by atoms with Crippen molar-refractivity contribution in [3.8, 4) is 0 Å². The number of rotatable bonds is 1. The molecule has 1 atom stereocenters. The first-order valence-corrected chi connectivity index (χ1v) is 3.47. The minimum Gasteiger partial charge on any atom is -0.176 e. The molecule has 0 spiro atoms. The molecule has 0 aliphatic rings. The van der Waals surface area contributed by atoms with Crippen molar-refractivity contribution in [1.29, 1.82) is 0 Å². The highest BCUT2D eigenvalue weighted by molar-refractivity contribution is 7.80. The van der Waals surface area contributed by atoms with Gasteiger partial charge in [0.25, 0.3) is 0 Å². The van der Waals surface area contributed by atoms with E-state index in [-0.39, 0.29) is 0 Å². The fourth-order valence-corrected chi connectivity index (χ4v) is 0. The van der Waals surface area contributed by atoms with Crippen LogP contribution in [-0.4, -0.2) is 5.25 Å². The van der Waals surface area contributed by atoms with E-state index in [1.54, 1.807) is 0 Å². The second kappa shape index (κ2) is 9.61. The molecule has 0 saturated carbocycles. The van der Waals surface area contributed by atoms with Crippen molar-refractivity contribution in [2.24, 2.45) is 0 Å². The summed E-state index contributed by atoms with van der Waals surface area (Å²) >= 11 is 4.10. The van der Waals surface area contributed by atoms with Gasteiger partial charge in [-0.3, -0.25) is 0 Å². The van der Waals surface area contributed by atoms with Gasteiger partial charge in [-0.1, -0.05) is 27.7 Å². The van der Waals surface area contributed by atoms with E-state index >= 15 is 0 Å². The van der Waals surface area contributed by atoms with Crippen LogP contribution in [0, 0.1) is 0 Å². The first kappa shape index (κ1) is 10.4. The van der Waals surface area contributed by atoms with Gasteiger partial charge in [-0.05, 0) is 11.7 Å².